The van der Waals surface area contributed by atoms with Gasteiger partial charge in [0.25, 0.3) is 0 Å². The Balaban J connectivity index is 1.62. The maximum atomic E-state index is 9.24. The molecule has 3 rings (SSSR count). The summed E-state index contributed by atoms with van der Waals surface area (Å²) in [5.41, 5.74) is 1.57. The van der Waals surface area contributed by atoms with Crippen molar-refractivity contribution in [2.24, 2.45) is 5.92 Å². The van der Waals surface area contributed by atoms with Crippen molar-refractivity contribution in [3.8, 4) is 12.1 Å². The van der Waals surface area contributed by atoms with Crippen LogP contribution in [0.3, 0.4) is 0 Å². The van der Waals surface area contributed by atoms with Crippen LogP contribution in [0, 0.1) is 17.2 Å². The van der Waals surface area contributed by atoms with Gasteiger partial charge in [-0.1, -0.05) is 0 Å². The van der Waals surface area contributed by atoms with Crippen molar-refractivity contribution >= 4 is 21.6 Å². The molecule has 1 saturated heterocycles. The first kappa shape index (κ1) is 15.7. The van der Waals surface area contributed by atoms with Crippen LogP contribution in [0.5, 0.6) is 6.01 Å². The molecule has 0 saturated carbocycles. The third kappa shape index (κ3) is 3.96. The summed E-state index contributed by atoms with van der Waals surface area (Å²) in [6.45, 7) is 2.35. The Morgan fingerprint density at radius 1 is 1.35 bits per heavy atom. The Kier molecular flexibility index (Phi) is 5.03. The Bertz CT molecular complexity index is 700. The molecule has 23 heavy (non-hydrogen) atoms. The van der Waals surface area contributed by atoms with Crippen LogP contribution in [0.2, 0.25) is 0 Å². The van der Waals surface area contributed by atoms with E-state index in [0.717, 1.165) is 36.1 Å². The molecule has 1 aliphatic rings. The normalized spacial score (nSPS) is 17.6. The zero-order valence-corrected chi connectivity index (χ0v) is 14.1. The molecule has 0 radical (unpaired) electrons. The fourth-order valence-electron chi connectivity index (χ4n) is 2.72. The van der Waals surface area contributed by atoms with Gasteiger partial charge >= 0.3 is 6.01 Å². The van der Waals surface area contributed by atoms with E-state index in [1.807, 2.05) is 0 Å². The number of nitrogens with zero attached hydrogens (tertiary/aromatic N) is 5. The summed E-state index contributed by atoms with van der Waals surface area (Å²) in [6, 6.07) is 4.38. The number of nitriles is 1. The summed E-state index contributed by atoms with van der Waals surface area (Å²) in [7, 11) is 0. The maximum Gasteiger partial charge on any atom is 0.316 e. The second kappa shape index (κ2) is 7.38. The fourth-order valence-corrected chi connectivity index (χ4v) is 2.92. The number of aromatic nitrogens is 3. The van der Waals surface area contributed by atoms with Crippen LogP contribution in [0.25, 0.3) is 0 Å². The first-order chi connectivity index (χ1) is 11.3. The third-order valence-electron chi connectivity index (χ3n) is 3.82. The van der Waals surface area contributed by atoms with Crippen molar-refractivity contribution in [2.75, 3.05) is 24.6 Å². The molecule has 118 valence electrons. The van der Waals surface area contributed by atoms with Crippen molar-refractivity contribution in [1.82, 2.24) is 15.0 Å². The van der Waals surface area contributed by atoms with Gasteiger partial charge in [0.2, 0.25) is 0 Å². The van der Waals surface area contributed by atoms with Crippen LogP contribution in [-0.2, 0) is 0 Å². The minimum Gasteiger partial charge on any atom is -0.463 e. The topological polar surface area (TPSA) is 74.9 Å². The Hall–Kier alpha value is -2.20. The van der Waals surface area contributed by atoms with Gasteiger partial charge in [-0.25, -0.2) is 9.97 Å². The summed E-state index contributed by atoms with van der Waals surface area (Å²) < 4.78 is 6.52. The number of hydrogen-bond acceptors (Lipinski definition) is 6. The zero-order chi connectivity index (χ0) is 16.1. The van der Waals surface area contributed by atoms with E-state index >= 15 is 0 Å². The highest BCUT2D eigenvalue weighted by Gasteiger charge is 2.22. The van der Waals surface area contributed by atoms with Gasteiger partial charge < -0.3 is 9.64 Å². The summed E-state index contributed by atoms with van der Waals surface area (Å²) >= 11 is 3.30. The fraction of sp³-hybridized carbons (Fsp3) is 0.375. The molecule has 0 amide bonds. The van der Waals surface area contributed by atoms with E-state index in [9.17, 15) is 5.26 Å². The van der Waals surface area contributed by atoms with E-state index in [1.165, 1.54) is 0 Å². The highest BCUT2D eigenvalue weighted by molar-refractivity contribution is 9.10. The average molecular weight is 374 g/mol. The SMILES string of the molecule is N#Cc1ccncc1N1CCCC(COc2ncc(Br)cn2)C1. The highest BCUT2D eigenvalue weighted by Crippen LogP contribution is 2.25. The van der Waals surface area contributed by atoms with Crippen LogP contribution in [0.15, 0.2) is 35.3 Å². The van der Waals surface area contributed by atoms with Gasteiger partial charge in [-0.2, -0.15) is 5.26 Å². The molecule has 7 heteroatoms. The largest absolute Gasteiger partial charge is 0.463 e. The predicted octanol–water partition coefficient (Wildman–Crippen LogP) is 2.80. The quantitative estimate of drug-likeness (QED) is 0.819. The number of ether oxygens (including phenoxy) is 1. The van der Waals surface area contributed by atoms with E-state index in [-0.39, 0.29) is 0 Å². The molecule has 1 aliphatic heterocycles. The van der Waals surface area contributed by atoms with E-state index in [1.54, 1.807) is 30.9 Å². The van der Waals surface area contributed by atoms with Gasteiger partial charge in [0.05, 0.1) is 28.5 Å². The number of anilines is 1. The lowest BCUT2D eigenvalue weighted by molar-refractivity contribution is 0.214. The van der Waals surface area contributed by atoms with Gasteiger partial charge in [0, 0.05) is 37.6 Å². The van der Waals surface area contributed by atoms with Gasteiger partial charge in [-0.05, 0) is 34.8 Å². The van der Waals surface area contributed by atoms with Crippen molar-refractivity contribution < 1.29 is 4.74 Å². The van der Waals surface area contributed by atoms with Gasteiger partial charge in [-0.15, -0.1) is 0 Å². The maximum absolute atomic E-state index is 9.24. The molecule has 0 aliphatic carbocycles. The molecule has 0 spiro atoms. The smallest absolute Gasteiger partial charge is 0.316 e. The van der Waals surface area contributed by atoms with Crippen molar-refractivity contribution in [3.63, 3.8) is 0 Å². The Morgan fingerprint density at radius 3 is 2.96 bits per heavy atom. The number of hydrogen-bond donors (Lipinski definition) is 0. The van der Waals surface area contributed by atoms with Crippen LogP contribution >= 0.6 is 15.9 Å². The molecule has 2 aromatic heterocycles. The second-order valence-corrected chi connectivity index (χ2v) is 6.37. The lowest BCUT2D eigenvalue weighted by Gasteiger charge is -2.34. The molecule has 0 bridgehead atoms. The van der Waals surface area contributed by atoms with E-state index in [0.29, 0.717) is 24.1 Å². The summed E-state index contributed by atoms with van der Waals surface area (Å²) in [5, 5.41) is 9.24. The highest BCUT2D eigenvalue weighted by atomic mass is 79.9. The number of pyridine rings is 1. The minimum atomic E-state index is 0.378. The lowest BCUT2D eigenvalue weighted by Crippen LogP contribution is -2.38. The minimum absolute atomic E-state index is 0.378. The summed E-state index contributed by atoms with van der Waals surface area (Å²) in [5.74, 6) is 0.378. The number of piperidine rings is 1. The lowest BCUT2D eigenvalue weighted by atomic mass is 9.98. The molecule has 6 nitrogen and oxygen atoms in total. The zero-order valence-electron chi connectivity index (χ0n) is 12.5. The first-order valence-electron chi connectivity index (χ1n) is 7.45. The van der Waals surface area contributed by atoms with Gasteiger partial charge in [0.15, 0.2) is 0 Å². The Morgan fingerprint density at radius 2 is 2.17 bits per heavy atom. The summed E-state index contributed by atoms with van der Waals surface area (Å²) in [6.07, 6.45) is 8.91. The van der Waals surface area contributed by atoms with E-state index in [4.69, 9.17) is 4.74 Å². The van der Waals surface area contributed by atoms with E-state index in [2.05, 4.69) is 41.9 Å². The molecule has 3 heterocycles. The van der Waals surface area contributed by atoms with Crippen LogP contribution in [0.1, 0.15) is 18.4 Å². The molecule has 0 N–H and O–H groups in total. The van der Waals surface area contributed by atoms with Crippen molar-refractivity contribution in [3.05, 3.63) is 40.9 Å². The predicted molar refractivity (Wildman–Crippen MR) is 89.1 cm³/mol. The molecular formula is C16H16BrN5O. The summed E-state index contributed by atoms with van der Waals surface area (Å²) in [4.78, 5) is 14.6. The second-order valence-electron chi connectivity index (χ2n) is 5.45. The molecule has 0 aromatic carbocycles. The number of halogens is 1. The van der Waals surface area contributed by atoms with Gasteiger partial charge in [0.1, 0.15) is 6.07 Å². The third-order valence-corrected chi connectivity index (χ3v) is 4.23. The average Bonchev–Trinajstić information content (AvgIpc) is 2.61. The van der Waals surface area contributed by atoms with Crippen LogP contribution in [-0.4, -0.2) is 34.6 Å². The van der Waals surface area contributed by atoms with Crippen LogP contribution in [0.4, 0.5) is 5.69 Å². The molecule has 1 unspecified atom stereocenters. The van der Waals surface area contributed by atoms with Crippen molar-refractivity contribution in [1.29, 1.82) is 5.26 Å². The first-order valence-corrected chi connectivity index (χ1v) is 8.25. The molecular weight excluding hydrogens is 358 g/mol. The molecule has 1 fully saturated rings. The van der Waals surface area contributed by atoms with E-state index < -0.39 is 0 Å². The molecule has 1 atom stereocenters. The van der Waals surface area contributed by atoms with Crippen molar-refractivity contribution in [2.45, 2.75) is 12.8 Å². The Labute approximate surface area is 143 Å². The van der Waals surface area contributed by atoms with Gasteiger partial charge in [-0.3, -0.25) is 4.98 Å². The molecule has 2 aromatic rings. The standard InChI is InChI=1S/C16H16BrN5O/c17-14-7-20-16(21-8-14)23-11-12-2-1-5-22(10-12)15-9-19-4-3-13(15)6-18/h3-4,7-9,12H,1-2,5,10-11H2. The monoisotopic (exact) mass is 373 g/mol. The van der Waals surface area contributed by atoms with Crippen LogP contribution < -0.4 is 9.64 Å². The number of rotatable bonds is 4.